The predicted octanol–water partition coefficient (Wildman–Crippen LogP) is 1.65. The Labute approximate surface area is 86.0 Å². The highest BCUT2D eigenvalue weighted by molar-refractivity contribution is 5.01. The summed E-state index contributed by atoms with van der Waals surface area (Å²) in [6.07, 6.45) is 7.55. The molecule has 14 heavy (non-hydrogen) atoms. The molecule has 0 aliphatic rings. The largest absolute Gasteiger partial charge is 0.316 e. The summed E-state index contributed by atoms with van der Waals surface area (Å²) in [4.78, 5) is 7.96. The maximum atomic E-state index is 3.98. The van der Waals surface area contributed by atoms with E-state index in [1.54, 1.807) is 6.33 Å². The minimum absolute atomic E-state index is 0.732. The zero-order chi connectivity index (χ0) is 10.2. The molecule has 0 amide bonds. The summed E-state index contributed by atoms with van der Waals surface area (Å²) in [5.41, 5.74) is 1.22. The van der Waals surface area contributed by atoms with E-state index in [2.05, 4.69) is 29.1 Å². The van der Waals surface area contributed by atoms with Crippen LogP contribution in [0.1, 0.15) is 25.8 Å². The molecule has 0 aliphatic carbocycles. The van der Waals surface area contributed by atoms with Crippen molar-refractivity contribution in [1.29, 1.82) is 0 Å². The van der Waals surface area contributed by atoms with E-state index in [0.717, 1.165) is 31.8 Å². The van der Waals surface area contributed by atoms with E-state index in [0.29, 0.717) is 0 Å². The SMILES string of the molecule is CC(C)CNCCCc1cncnc1. The number of hydrogen-bond donors (Lipinski definition) is 1. The van der Waals surface area contributed by atoms with Gasteiger partial charge in [0, 0.05) is 12.4 Å². The quantitative estimate of drug-likeness (QED) is 0.698. The van der Waals surface area contributed by atoms with E-state index in [4.69, 9.17) is 0 Å². The molecule has 0 aromatic carbocycles. The van der Waals surface area contributed by atoms with Crippen LogP contribution in [0.15, 0.2) is 18.7 Å². The molecule has 1 rings (SSSR count). The Morgan fingerprint density at radius 2 is 2.00 bits per heavy atom. The van der Waals surface area contributed by atoms with Crippen molar-refractivity contribution in [2.45, 2.75) is 26.7 Å². The summed E-state index contributed by atoms with van der Waals surface area (Å²) < 4.78 is 0. The van der Waals surface area contributed by atoms with Crippen molar-refractivity contribution in [3.05, 3.63) is 24.3 Å². The normalized spacial score (nSPS) is 10.8. The van der Waals surface area contributed by atoms with E-state index in [9.17, 15) is 0 Å². The summed E-state index contributed by atoms with van der Waals surface area (Å²) >= 11 is 0. The van der Waals surface area contributed by atoms with Gasteiger partial charge >= 0.3 is 0 Å². The smallest absolute Gasteiger partial charge is 0.115 e. The number of rotatable bonds is 6. The first-order chi connectivity index (χ1) is 6.79. The molecule has 3 heteroatoms. The molecule has 1 aromatic rings. The van der Waals surface area contributed by atoms with Gasteiger partial charge in [0.15, 0.2) is 0 Å². The average molecular weight is 193 g/mol. The summed E-state index contributed by atoms with van der Waals surface area (Å²) in [6, 6.07) is 0. The van der Waals surface area contributed by atoms with Gasteiger partial charge in [0.05, 0.1) is 0 Å². The standard InChI is InChI=1S/C11H19N3/c1-10(2)6-12-5-3-4-11-7-13-9-14-8-11/h7-10,12H,3-6H2,1-2H3. The molecular formula is C11H19N3. The Bertz CT molecular complexity index is 234. The fourth-order valence-electron chi connectivity index (χ4n) is 1.27. The Hall–Kier alpha value is -0.960. The van der Waals surface area contributed by atoms with Crippen LogP contribution < -0.4 is 5.32 Å². The average Bonchev–Trinajstić information content (AvgIpc) is 2.18. The van der Waals surface area contributed by atoms with E-state index >= 15 is 0 Å². The van der Waals surface area contributed by atoms with Crippen LogP contribution in [0.4, 0.5) is 0 Å². The van der Waals surface area contributed by atoms with Crippen molar-refractivity contribution in [1.82, 2.24) is 15.3 Å². The molecule has 1 heterocycles. The first-order valence-electron chi connectivity index (χ1n) is 5.23. The maximum Gasteiger partial charge on any atom is 0.115 e. The van der Waals surface area contributed by atoms with Gasteiger partial charge in [-0.15, -0.1) is 0 Å². The fraction of sp³-hybridized carbons (Fsp3) is 0.636. The zero-order valence-corrected chi connectivity index (χ0v) is 9.03. The Kier molecular flexibility index (Phi) is 5.15. The van der Waals surface area contributed by atoms with E-state index in [1.807, 2.05) is 12.4 Å². The summed E-state index contributed by atoms with van der Waals surface area (Å²) in [7, 11) is 0. The lowest BCUT2D eigenvalue weighted by Gasteiger charge is -2.06. The molecule has 3 nitrogen and oxygen atoms in total. The van der Waals surface area contributed by atoms with Crippen LogP contribution in [0.5, 0.6) is 0 Å². The lowest BCUT2D eigenvalue weighted by atomic mass is 10.2. The highest BCUT2D eigenvalue weighted by Gasteiger charge is 1.94. The first kappa shape index (κ1) is 11.1. The van der Waals surface area contributed by atoms with Crippen molar-refractivity contribution in [3.8, 4) is 0 Å². The van der Waals surface area contributed by atoms with Gasteiger partial charge in [-0.1, -0.05) is 13.8 Å². The van der Waals surface area contributed by atoms with Crippen LogP contribution in [0.25, 0.3) is 0 Å². The zero-order valence-electron chi connectivity index (χ0n) is 9.03. The maximum absolute atomic E-state index is 3.98. The number of aromatic nitrogens is 2. The lowest BCUT2D eigenvalue weighted by Crippen LogP contribution is -2.21. The highest BCUT2D eigenvalue weighted by Crippen LogP contribution is 1.97. The second kappa shape index (κ2) is 6.49. The Balaban J connectivity index is 2.05. The van der Waals surface area contributed by atoms with Crippen molar-refractivity contribution < 1.29 is 0 Å². The van der Waals surface area contributed by atoms with Gasteiger partial charge in [-0.3, -0.25) is 0 Å². The summed E-state index contributed by atoms with van der Waals surface area (Å²) in [5.74, 6) is 0.732. The molecule has 0 spiro atoms. The van der Waals surface area contributed by atoms with Gasteiger partial charge in [0.2, 0.25) is 0 Å². The van der Waals surface area contributed by atoms with Gasteiger partial charge in [0.1, 0.15) is 6.33 Å². The van der Waals surface area contributed by atoms with Crippen LogP contribution in [-0.4, -0.2) is 23.1 Å². The molecule has 0 saturated carbocycles. The summed E-state index contributed by atoms with van der Waals surface area (Å²) in [5, 5.41) is 3.41. The second-order valence-electron chi connectivity index (χ2n) is 3.95. The third-order valence-corrected chi connectivity index (χ3v) is 1.99. The molecule has 0 bridgehead atoms. The molecular weight excluding hydrogens is 174 g/mol. The van der Waals surface area contributed by atoms with Crippen LogP contribution in [0.2, 0.25) is 0 Å². The van der Waals surface area contributed by atoms with E-state index in [-0.39, 0.29) is 0 Å². The Morgan fingerprint density at radius 3 is 2.64 bits per heavy atom. The fourth-order valence-corrected chi connectivity index (χ4v) is 1.27. The van der Waals surface area contributed by atoms with Crippen LogP contribution in [0.3, 0.4) is 0 Å². The molecule has 1 aromatic heterocycles. The third-order valence-electron chi connectivity index (χ3n) is 1.99. The predicted molar refractivity (Wildman–Crippen MR) is 58.1 cm³/mol. The minimum Gasteiger partial charge on any atom is -0.316 e. The lowest BCUT2D eigenvalue weighted by molar-refractivity contribution is 0.543. The number of aryl methyl sites for hydroxylation is 1. The van der Waals surface area contributed by atoms with Crippen molar-refractivity contribution in [2.24, 2.45) is 5.92 Å². The van der Waals surface area contributed by atoms with Gasteiger partial charge in [-0.25, -0.2) is 9.97 Å². The van der Waals surface area contributed by atoms with Crippen LogP contribution >= 0.6 is 0 Å². The van der Waals surface area contributed by atoms with Crippen molar-refractivity contribution >= 4 is 0 Å². The molecule has 0 saturated heterocycles. The van der Waals surface area contributed by atoms with Gasteiger partial charge < -0.3 is 5.32 Å². The minimum atomic E-state index is 0.732. The number of nitrogens with zero attached hydrogens (tertiary/aromatic N) is 2. The monoisotopic (exact) mass is 193 g/mol. The highest BCUT2D eigenvalue weighted by atomic mass is 14.8. The van der Waals surface area contributed by atoms with E-state index in [1.165, 1.54) is 5.56 Å². The van der Waals surface area contributed by atoms with Crippen molar-refractivity contribution in [2.75, 3.05) is 13.1 Å². The van der Waals surface area contributed by atoms with E-state index < -0.39 is 0 Å². The molecule has 0 radical (unpaired) electrons. The second-order valence-corrected chi connectivity index (χ2v) is 3.95. The number of hydrogen-bond acceptors (Lipinski definition) is 3. The van der Waals surface area contributed by atoms with Crippen molar-refractivity contribution in [3.63, 3.8) is 0 Å². The summed E-state index contributed by atoms with van der Waals surface area (Å²) in [6.45, 7) is 6.62. The van der Waals surface area contributed by atoms with Crippen LogP contribution in [-0.2, 0) is 6.42 Å². The molecule has 78 valence electrons. The third kappa shape index (κ3) is 4.92. The molecule has 0 atom stereocenters. The van der Waals surface area contributed by atoms with Crippen LogP contribution in [0, 0.1) is 5.92 Å². The van der Waals surface area contributed by atoms with Gasteiger partial charge in [-0.05, 0) is 37.4 Å². The molecule has 0 unspecified atom stereocenters. The Morgan fingerprint density at radius 1 is 1.29 bits per heavy atom. The van der Waals surface area contributed by atoms with Gasteiger partial charge in [-0.2, -0.15) is 0 Å². The topological polar surface area (TPSA) is 37.8 Å². The molecule has 1 N–H and O–H groups in total. The first-order valence-corrected chi connectivity index (χ1v) is 5.23. The molecule has 0 fully saturated rings. The number of nitrogens with one attached hydrogen (secondary N) is 1. The molecule has 0 aliphatic heterocycles. The van der Waals surface area contributed by atoms with Gasteiger partial charge in [0.25, 0.3) is 0 Å².